The molecule has 1 heterocycles. The number of aryl methyl sites for hydroxylation is 1. The number of fused-ring (bicyclic) bond motifs is 3. The third kappa shape index (κ3) is 3.94. The van der Waals surface area contributed by atoms with Crippen molar-refractivity contribution >= 4 is 26.6 Å². The smallest absolute Gasteiger partial charge is 0.251 e. The largest absolute Gasteiger partial charge is 0.358 e. The Morgan fingerprint density at radius 1 is 1.17 bits per heavy atom. The van der Waals surface area contributed by atoms with E-state index in [9.17, 15) is 13.2 Å². The number of nitrogens with one attached hydrogen (secondary N) is 2. The maximum Gasteiger partial charge on any atom is 0.251 e. The molecule has 4 rings (SSSR count). The molecule has 0 saturated carbocycles. The van der Waals surface area contributed by atoms with Gasteiger partial charge in [-0.05, 0) is 73.6 Å². The highest BCUT2D eigenvalue weighted by Gasteiger charge is 2.21. The minimum absolute atomic E-state index is 0.134. The first-order valence-corrected chi connectivity index (χ1v) is 11.9. The summed E-state index contributed by atoms with van der Waals surface area (Å²) < 4.78 is 23.2. The number of H-pyrrole nitrogens is 1. The van der Waals surface area contributed by atoms with Gasteiger partial charge in [0.25, 0.3) is 5.91 Å². The number of hydrogen-bond donors (Lipinski definition) is 2. The van der Waals surface area contributed by atoms with Gasteiger partial charge in [0, 0.05) is 28.4 Å². The molecule has 0 fully saturated rings. The summed E-state index contributed by atoms with van der Waals surface area (Å²) in [5.74, 6) is 0.527. The van der Waals surface area contributed by atoms with Crippen LogP contribution >= 0.6 is 0 Å². The highest BCUT2D eigenvalue weighted by atomic mass is 32.2. The van der Waals surface area contributed by atoms with Crippen molar-refractivity contribution in [3.63, 3.8) is 0 Å². The molecule has 1 aliphatic rings. The normalized spacial score (nSPS) is 17.7. The molecule has 0 bridgehead atoms. The average molecular weight is 411 g/mol. The van der Waals surface area contributed by atoms with Gasteiger partial charge in [0.1, 0.15) is 0 Å². The molecular formula is C23H26N2O3S. The summed E-state index contributed by atoms with van der Waals surface area (Å²) in [5.41, 5.74) is 5.23. The zero-order valence-corrected chi connectivity index (χ0v) is 17.8. The minimum atomic E-state index is -3.23. The van der Waals surface area contributed by atoms with Crippen LogP contribution in [0.4, 0.5) is 0 Å². The molecule has 1 aliphatic carbocycles. The summed E-state index contributed by atoms with van der Waals surface area (Å²) in [4.78, 5) is 16.6. The lowest BCUT2D eigenvalue weighted by Crippen LogP contribution is -2.26. The predicted octanol–water partition coefficient (Wildman–Crippen LogP) is 4.19. The maximum atomic E-state index is 12.8. The van der Waals surface area contributed by atoms with E-state index in [1.807, 2.05) is 25.1 Å². The third-order valence-corrected chi connectivity index (χ3v) is 6.98. The van der Waals surface area contributed by atoms with Gasteiger partial charge in [-0.1, -0.05) is 19.1 Å². The highest BCUT2D eigenvalue weighted by Crippen LogP contribution is 2.32. The van der Waals surface area contributed by atoms with Gasteiger partial charge in [-0.25, -0.2) is 8.42 Å². The first kappa shape index (κ1) is 19.7. The van der Waals surface area contributed by atoms with Crippen molar-refractivity contribution in [2.45, 2.75) is 44.0 Å². The van der Waals surface area contributed by atoms with Crippen LogP contribution in [-0.4, -0.2) is 25.6 Å². The van der Waals surface area contributed by atoms with Crippen molar-refractivity contribution < 1.29 is 13.2 Å². The average Bonchev–Trinajstić information content (AvgIpc) is 3.04. The number of rotatable bonds is 4. The van der Waals surface area contributed by atoms with Crippen LogP contribution < -0.4 is 5.32 Å². The van der Waals surface area contributed by atoms with Crippen molar-refractivity contribution in [3.05, 3.63) is 64.8 Å². The van der Waals surface area contributed by atoms with Crippen LogP contribution in [0.15, 0.2) is 47.4 Å². The summed E-state index contributed by atoms with van der Waals surface area (Å²) in [6.07, 6.45) is 4.49. The van der Waals surface area contributed by atoms with Crippen LogP contribution in [0.25, 0.3) is 10.9 Å². The molecule has 0 aliphatic heterocycles. The molecule has 1 aromatic heterocycles. The number of hydrogen-bond acceptors (Lipinski definition) is 3. The zero-order chi connectivity index (χ0) is 20.8. The Bertz CT molecular complexity index is 1180. The van der Waals surface area contributed by atoms with E-state index in [1.54, 1.807) is 24.3 Å². The molecule has 3 aromatic rings. The van der Waals surface area contributed by atoms with Crippen LogP contribution in [-0.2, 0) is 22.7 Å². The van der Waals surface area contributed by atoms with Gasteiger partial charge in [0.15, 0.2) is 9.84 Å². The molecular weight excluding hydrogens is 384 g/mol. The van der Waals surface area contributed by atoms with Gasteiger partial charge >= 0.3 is 0 Å². The molecule has 2 atom stereocenters. The Balaban J connectivity index is 1.55. The molecule has 152 valence electrons. The SMILES string of the molecule is C[C@H]1CCc2[nH]c3ccc(C(=O)N[C@H](C)c4ccc(S(C)(=O)=O)cc4)cc3c2C1. The van der Waals surface area contributed by atoms with E-state index >= 15 is 0 Å². The van der Waals surface area contributed by atoms with Gasteiger partial charge in [0.2, 0.25) is 0 Å². The molecule has 1 amide bonds. The van der Waals surface area contributed by atoms with E-state index in [4.69, 9.17) is 0 Å². The lowest BCUT2D eigenvalue weighted by molar-refractivity contribution is 0.0940. The van der Waals surface area contributed by atoms with Gasteiger partial charge in [0.05, 0.1) is 10.9 Å². The number of sulfone groups is 1. The standard InChI is InChI=1S/C23H26N2O3S/c1-14-4-10-21-19(12-14)20-13-17(7-11-22(20)25-21)23(26)24-15(2)16-5-8-18(9-6-16)29(3,27)28/h5-9,11,13-15,25H,4,10,12H2,1-3H3,(H,24,26)/t14-,15+/m0/s1. The summed E-state index contributed by atoms with van der Waals surface area (Å²) in [6, 6.07) is 12.2. The molecule has 29 heavy (non-hydrogen) atoms. The van der Waals surface area contributed by atoms with E-state index in [-0.39, 0.29) is 16.8 Å². The lowest BCUT2D eigenvalue weighted by Gasteiger charge is -2.18. The first-order chi connectivity index (χ1) is 13.7. The fraction of sp³-hybridized carbons (Fsp3) is 0.348. The van der Waals surface area contributed by atoms with Crippen LogP contribution in [0.3, 0.4) is 0 Å². The second kappa shape index (κ2) is 7.34. The summed E-state index contributed by atoms with van der Waals surface area (Å²) >= 11 is 0. The van der Waals surface area contributed by atoms with Crippen LogP contribution in [0.2, 0.25) is 0 Å². The van der Waals surface area contributed by atoms with Gasteiger partial charge < -0.3 is 10.3 Å². The highest BCUT2D eigenvalue weighted by molar-refractivity contribution is 7.90. The monoisotopic (exact) mass is 410 g/mol. The topological polar surface area (TPSA) is 79.0 Å². The Labute approximate surface area is 171 Å². The second-order valence-electron chi connectivity index (χ2n) is 8.23. The van der Waals surface area contributed by atoms with E-state index in [1.165, 1.54) is 23.9 Å². The number of carbonyl (C=O) groups is 1. The summed E-state index contributed by atoms with van der Waals surface area (Å²) in [5, 5.41) is 4.16. The molecule has 0 saturated heterocycles. The quantitative estimate of drug-likeness (QED) is 0.677. The Kier molecular flexibility index (Phi) is 4.99. The van der Waals surface area contributed by atoms with E-state index in [0.717, 1.165) is 29.3 Å². The molecule has 5 nitrogen and oxygen atoms in total. The second-order valence-corrected chi connectivity index (χ2v) is 10.2. The first-order valence-electron chi connectivity index (χ1n) is 9.96. The maximum absolute atomic E-state index is 12.8. The number of benzene rings is 2. The molecule has 6 heteroatoms. The zero-order valence-electron chi connectivity index (χ0n) is 17.0. The van der Waals surface area contributed by atoms with Crippen molar-refractivity contribution in [1.82, 2.24) is 10.3 Å². The summed E-state index contributed by atoms with van der Waals surface area (Å²) in [6.45, 7) is 4.17. The van der Waals surface area contributed by atoms with Gasteiger partial charge in [-0.15, -0.1) is 0 Å². The van der Waals surface area contributed by atoms with Crippen LogP contribution in [0.5, 0.6) is 0 Å². The lowest BCUT2D eigenvalue weighted by atomic mass is 9.87. The molecule has 0 unspecified atom stereocenters. The Morgan fingerprint density at radius 3 is 2.59 bits per heavy atom. The molecule has 2 aromatic carbocycles. The number of amides is 1. The van der Waals surface area contributed by atoms with Crippen molar-refractivity contribution in [1.29, 1.82) is 0 Å². The molecule has 2 N–H and O–H groups in total. The number of aromatic nitrogens is 1. The van der Waals surface area contributed by atoms with Crippen LogP contribution in [0, 0.1) is 5.92 Å². The van der Waals surface area contributed by atoms with Crippen molar-refractivity contribution in [3.8, 4) is 0 Å². The Morgan fingerprint density at radius 2 is 1.90 bits per heavy atom. The van der Waals surface area contributed by atoms with Gasteiger partial charge in [-0.3, -0.25) is 4.79 Å². The van der Waals surface area contributed by atoms with E-state index < -0.39 is 9.84 Å². The molecule has 0 spiro atoms. The van der Waals surface area contributed by atoms with Crippen molar-refractivity contribution in [2.24, 2.45) is 5.92 Å². The Hall–Kier alpha value is -2.60. The summed E-state index contributed by atoms with van der Waals surface area (Å²) in [7, 11) is -3.23. The van der Waals surface area contributed by atoms with Crippen LogP contribution in [0.1, 0.15) is 53.5 Å². The van der Waals surface area contributed by atoms with E-state index in [2.05, 4.69) is 17.2 Å². The number of carbonyl (C=O) groups excluding carboxylic acids is 1. The number of aromatic amines is 1. The van der Waals surface area contributed by atoms with Crippen molar-refractivity contribution in [2.75, 3.05) is 6.26 Å². The fourth-order valence-corrected chi connectivity index (χ4v) is 4.73. The van der Waals surface area contributed by atoms with E-state index in [0.29, 0.717) is 11.5 Å². The third-order valence-electron chi connectivity index (χ3n) is 5.85. The molecule has 0 radical (unpaired) electrons. The fourth-order valence-electron chi connectivity index (χ4n) is 4.10. The minimum Gasteiger partial charge on any atom is -0.358 e. The van der Waals surface area contributed by atoms with Gasteiger partial charge in [-0.2, -0.15) is 0 Å². The predicted molar refractivity (Wildman–Crippen MR) is 115 cm³/mol.